The Morgan fingerprint density at radius 1 is 1.13 bits per heavy atom. The fourth-order valence-electron chi connectivity index (χ4n) is 3.42. The van der Waals surface area contributed by atoms with Gasteiger partial charge in [0.1, 0.15) is 6.04 Å². The number of piperidine rings is 1. The van der Waals surface area contributed by atoms with E-state index in [0.29, 0.717) is 29.2 Å². The highest BCUT2D eigenvalue weighted by molar-refractivity contribution is 6.00. The molecule has 0 saturated carbocycles. The van der Waals surface area contributed by atoms with Gasteiger partial charge in [-0.05, 0) is 30.2 Å². The zero-order chi connectivity index (χ0) is 20.7. The first-order chi connectivity index (χ1) is 14.6. The van der Waals surface area contributed by atoms with Gasteiger partial charge in [0.15, 0.2) is 5.58 Å². The van der Waals surface area contributed by atoms with Crippen molar-refractivity contribution in [1.82, 2.24) is 30.0 Å². The Balaban J connectivity index is 1.47. The first kappa shape index (κ1) is 17.9. The predicted octanol–water partition coefficient (Wildman–Crippen LogP) is 1.00. The van der Waals surface area contributed by atoms with Gasteiger partial charge in [-0.25, -0.2) is 14.8 Å². The third-order valence-electron chi connectivity index (χ3n) is 4.79. The molecular weight excluding hydrogens is 392 g/mol. The van der Waals surface area contributed by atoms with Gasteiger partial charge in [0.05, 0.1) is 11.9 Å². The number of imide groups is 1. The van der Waals surface area contributed by atoms with Gasteiger partial charge in [-0.3, -0.25) is 19.5 Å². The Bertz CT molecular complexity index is 1320. The zero-order valence-electron chi connectivity index (χ0n) is 15.4. The monoisotopic (exact) mass is 406 g/mol. The van der Waals surface area contributed by atoms with Crippen molar-refractivity contribution in [2.45, 2.75) is 25.3 Å². The highest BCUT2D eigenvalue weighted by Gasteiger charge is 2.31. The maximum Gasteiger partial charge on any atom is 0.420 e. The average Bonchev–Trinajstić information content (AvgIpc) is 3.33. The highest BCUT2D eigenvalue weighted by atomic mass is 16.5. The fraction of sp³-hybridized carbons (Fsp3) is 0.211. The summed E-state index contributed by atoms with van der Waals surface area (Å²) in [5.41, 5.74) is 1.57. The lowest BCUT2D eigenvalue weighted by Gasteiger charge is -2.21. The molecule has 30 heavy (non-hydrogen) atoms. The van der Waals surface area contributed by atoms with E-state index in [1.807, 2.05) is 0 Å². The normalized spacial score (nSPS) is 16.7. The van der Waals surface area contributed by atoms with E-state index < -0.39 is 17.7 Å². The molecule has 1 atom stereocenters. The molecule has 1 saturated heterocycles. The molecule has 11 nitrogen and oxygen atoms in total. The molecule has 0 aliphatic carbocycles. The molecule has 1 aliphatic rings. The lowest BCUT2D eigenvalue weighted by molar-refractivity contribution is -0.135. The Hall–Kier alpha value is -4.15. The Kier molecular flexibility index (Phi) is 4.20. The van der Waals surface area contributed by atoms with Crippen molar-refractivity contribution in [3.63, 3.8) is 0 Å². The summed E-state index contributed by atoms with van der Waals surface area (Å²) in [5, 5.41) is 6.15. The molecule has 1 aromatic carbocycles. The second-order valence-electron chi connectivity index (χ2n) is 6.77. The number of rotatable bonds is 4. The largest absolute Gasteiger partial charge is 0.420 e. The summed E-state index contributed by atoms with van der Waals surface area (Å²) in [7, 11) is 0. The number of fused-ring (bicyclic) bond motifs is 1. The summed E-state index contributed by atoms with van der Waals surface area (Å²) in [6, 6.07) is 6.02. The Morgan fingerprint density at radius 3 is 2.77 bits per heavy atom. The molecular formula is C19H14N6O5. The zero-order valence-corrected chi connectivity index (χ0v) is 15.4. The van der Waals surface area contributed by atoms with E-state index in [0.717, 1.165) is 5.56 Å². The van der Waals surface area contributed by atoms with Gasteiger partial charge in [0.2, 0.25) is 29.4 Å². The maximum atomic E-state index is 12.4. The quantitative estimate of drug-likeness (QED) is 0.490. The van der Waals surface area contributed by atoms with E-state index in [9.17, 15) is 14.4 Å². The van der Waals surface area contributed by atoms with Crippen LogP contribution in [0.1, 0.15) is 30.3 Å². The number of hydrogen-bond donors (Lipinski definition) is 1. The summed E-state index contributed by atoms with van der Waals surface area (Å²) in [4.78, 5) is 48.5. The molecule has 0 bridgehead atoms. The van der Waals surface area contributed by atoms with E-state index in [1.54, 1.807) is 36.7 Å². The van der Waals surface area contributed by atoms with Crippen LogP contribution in [0, 0.1) is 0 Å². The van der Waals surface area contributed by atoms with E-state index in [4.69, 9.17) is 8.94 Å². The van der Waals surface area contributed by atoms with Crippen LogP contribution in [-0.4, -0.2) is 36.5 Å². The standard InChI is InChI=1S/C19H14N6O5/c26-14-5-3-11(18(27)22-14)25-12-8-10(2-4-13(12)29-19(25)28)9-15-23-17(24-30-15)16-20-6-1-7-21-16/h1-2,4,6-8,11H,3,5,9H2,(H,22,26,27). The highest BCUT2D eigenvalue weighted by Crippen LogP contribution is 2.24. The number of nitrogens with one attached hydrogen (secondary N) is 1. The van der Waals surface area contributed by atoms with Gasteiger partial charge >= 0.3 is 5.76 Å². The topological polar surface area (TPSA) is 146 Å². The van der Waals surface area contributed by atoms with Crippen LogP contribution in [0.15, 0.2) is 50.4 Å². The van der Waals surface area contributed by atoms with Crippen molar-refractivity contribution in [1.29, 1.82) is 0 Å². The number of benzene rings is 1. The third-order valence-corrected chi connectivity index (χ3v) is 4.79. The lowest BCUT2D eigenvalue weighted by Crippen LogP contribution is -2.43. The molecule has 1 unspecified atom stereocenters. The number of carbonyl (C=O) groups is 2. The first-order valence-electron chi connectivity index (χ1n) is 9.16. The molecule has 4 aromatic rings. The van der Waals surface area contributed by atoms with Gasteiger partial charge in [0.25, 0.3) is 0 Å². The first-order valence-corrected chi connectivity index (χ1v) is 9.16. The molecule has 4 heterocycles. The van der Waals surface area contributed by atoms with Gasteiger partial charge in [-0.2, -0.15) is 4.98 Å². The van der Waals surface area contributed by atoms with E-state index in [-0.39, 0.29) is 24.6 Å². The van der Waals surface area contributed by atoms with Gasteiger partial charge in [-0.15, -0.1) is 0 Å². The summed E-state index contributed by atoms with van der Waals surface area (Å²) >= 11 is 0. The van der Waals surface area contributed by atoms with E-state index >= 15 is 0 Å². The van der Waals surface area contributed by atoms with Crippen LogP contribution in [0.3, 0.4) is 0 Å². The summed E-state index contributed by atoms with van der Waals surface area (Å²) < 4.78 is 11.8. The SMILES string of the molecule is O=C1CCC(n2c(=O)oc3ccc(Cc4nc(-c5ncccn5)no4)cc32)C(=O)N1. The van der Waals surface area contributed by atoms with Crippen molar-refractivity contribution in [3.05, 3.63) is 58.7 Å². The van der Waals surface area contributed by atoms with Crippen LogP contribution in [0.5, 0.6) is 0 Å². The molecule has 1 fully saturated rings. The number of carbonyl (C=O) groups excluding carboxylic acids is 2. The minimum atomic E-state index is -0.808. The molecule has 0 spiro atoms. The van der Waals surface area contributed by atoms with Gasteiger partial charge < -0.3 is 8.94 Å². The smallest absolute Gasteiger partial charge is 0.408 e. The maximum absolute atomic E-state index is 12.4. The predicted molar refractivity (Wildman–Crippen MR) is 100 cm³/mol. The van der Waals surface area contributed by atoms with Crippen LogP contribution in [-0.2, 0) is 16.0 Å². The Labute approximate surface area is 167 Å². The number of amides is 2. The van der Waals surface area contributed by atoms with E-state index in [1.165, 1.54) is 4.57 Å². The Morgan fingerprint density at radius 2 is 1.97 bits per heavy atom. The summed E-state index contributed by atoms with van der Waals surface area (Å²) in [6.45, 7) is 0. The number of nitrogens with zero attached hydrogens (tertiary/aromatic N) is 5. The number of hydrogen-bond acceptors (Lipinski definition) is 9. The van der Waals surface area contributed by atoms with Gasteiger partial charge in [0, 0.05) is 18.8 Å². The van der Waals surface area contributed by atoms with Crippen LogP contribution in [0.4, 0.5) is 0 Å². The molecule has 3 aromatic heterocycles. The molecule has 1 N–H and O–H groups in total. The van der Waals surface area contributed by atoms with Crippen molar-refractivity contribution >= 4 is 22.9 Å². The van der Waals surface area contributed by atoms with Crippen LogP contribution >= 0.6 is 0 Å². The van der Waals surface area contributed by atoms with Gasteiger partial charge in [-0.1, -0.05) is 11.2 Å². The second-order valence-corrected chi connectivity index (χ2v) is 6.77. The van der Waals surface area contributed by atoms with Crippen molar-refractivity contribution in [3.8, 4) is 11.6 Å². The fourth-order valence-corrected chi connectivity index (χ4v) is 3.42. The number of aromatic nitrogens is 5. The summed E-state index contributed by atoms with van der Waals surface area (Å²) in [6.07, 6.45) is 3.85. The second kappa shape index (κ2) is 7.03. The van der Waals surface area contributed by atoms with Crippen molar-refractivity contribution in [2.75, 3.05) is 0 Å². The molecule has 0 radical (unpaired) electrons. The van der Waals surface area contributed by atoms with Crippen LogP contribution in [0.2, 0.25) is 0 Å². The van der Waals surface area contributed by atoms with Crippen LogP contribution in [0.25, 0.3) is 22.7 Å². The number of oxazole rings is 1. The minimum absolute atomic E-state index is 0.154. The molecule has 11 heteroatoms. The van der Waals surface area contributed by atoms with Crippen molar-refractivity contribution < 1.29 is 18.5 Å². The van der Waals surface area contributed by atoms with E-state index in [2.05, 4.69) is 25.4 Å². The molecule has 150 valence electrons. The van der Waals surface area contributed by atoms with Crippen LogP contribution < -0.4 is 11.1 Å². The molecule has 1 aliphatic heterocycles. The third kappa shape index (κ3) is 3.15. The average molecular weight is 406 g/mol. The summed E-state index contributed by atoms with van der Waals surface area (Å²) in [5.74, 6) is -0.564. The minimum Gasteiger partial charge on any atom is -0.408 e. The molecule has 5 rings (SSSR count). The lowest BCUT2D eigenvalue weighted by atomic mass is 10.1. The molecule has 2 amide bonds. The van der Waals surface area contributed by atoms with Crippen molar-refractivity contribution in [2.24, 2.45) is 0 Å².